The van der Waals surface area contributed by atoms with Crippen LogP contribution in [0.5, 0.6) is 0 Å². The van der Waals surface area contributed by atoms with Gasteiger partial charge < -0.3 is 15.6 Å². The van der Waals surface area contributed by atoms with E-state index in [9.17, 15) is 5.11 Å². The maximum absolute atomic E-state index is 9.63. The molecule has 0 amide bonds. The predicted octanol–water partition coefficient (Wildman–Crippen LogP) is 1.05. The third kappa shape index (κ3) is 4.07. The van der Waals surface area contributed by atoms with Crippen LogP contribution in [0, 0.1) is 0 Å². The highest BCUT2D eigenvalue weighted by Gasteiger charge is 2.20. The van der Waals surface area contributed by atoms with Crippen molar-refractivity contribution in [3.8, 4) is 0 Å². The molecule has 1 saturated heterocycles. The van der Waals surface area contributed by atoms with Crippen LogP contribution in [0.25, 0.3) is 0 Å². The zero-order valence-electron chi connectivity index (χ0n) is 8.46. The summed E-state index contributed by atoms with van der Waals surface area (Å²) >= 11 is 0. The van der Waals surface area contributed by atoms with Gasteiger partial charge in [0.1, 0.15) is 0 Å². The first-order valence-corrected chi connectivity index (χ1v) is 5.18. The molecule has 1 aliphatic heterocycles. The summed E-state index contributed by atoms with van der Waals surface area (Å²) < 4.78 is 5.49. The second-order valence-corrected chi connectivity index (χ2v) is 4.23. The maximum atomic E-state index is 9.63. The van der Waals surface area contributed by atoms with E-state index >= 15 is 0 Å². The van der Waals surface area contributed by atoms with Crippen molar-refractivity contribution >= 4 is 0 Å². The number of aliphatic hydroxyl groups is 1. The lowest BCUT2D eigenvalue weighted by atomic mass is 9.97. The lowest BCUT2D eigenvalue weighted by molar-refractivity contribution is 0.0479. The van der Waals surface area contributed by atoms with Gasteiger partial charge in [0.15, 0.2) is 0 Å². The Hall–Kier alpha value is -0.120. The molecule has 0 aliphatic carbocycles. The summed E-state index contributed by atoms with van der Waals surface area (Å²) in [6.45, 7) is 3.05. The standard InChI is InChI=1S/C10H21NO2/c1-10(12,8-11)6-2-4-9-5-3-7-13-9/h9,12H,2-8,11H2,1H3. The molecule has 1 fully saturated rings. The Morgan fingerprint density at radius 1 is 1.62 bits per heavy atom. The minimum Gasteiger partial charge on any atom is -0.389 e. The van der Waals surface area contributed by atoms with Crippen LogP contribution in [0.3, 0.4) is 0 Å². The molecule has 0 aromatic heterocycles. The molecule has 78 valence electrons. The minimum absolute atomic E-state index is 0.346. The van der Waals surface area contributed by atoms with Gasteiger partial charge in [0, 0.05) is 13.2 Å². The fraction of sp³-hybridized carbons (Fsp3) is 1.00. The van der Waals surface area contributed by atoms with E-state index in [0.717, 1.165) is 25.9 Å². The van der Waals surface area contributed by atoms with Crippen molar-refractivity contribution in [1.82, 2.24) is 0 Å². The molecule has 1 aliphatic rings. The van der Waals surface area contributed by atoms with Gasteiger partial charge in [-0.2, -0.15) is 0 Å². The summed E-state index contributed by atoms with van der Waals surface area (Å²) in [7, 11) is 0. The Bertz CT molecular complexity index is 142. The average molecular weight is 187 g/mol. The van der Waals surface area contributed by atoms with Crippen molar-refractivity contribution < 1.29 is 9.84 Å². The van der Waals surface area contributed by atoms with E-state index < -0.39 is 5.60 Å². The zero-order valence-corrected chi connectivity index (χ0v) is 8.46. The summed E-state index contributed by atoms with van der Waals surface area (Å²) in [4.78, 5) is 0. The maximum Gasteiger partial charge on any atom is 0.0741 e. The lowest BCUT2D eigenvalue weighted by Gasteiger charge is -2.21. The van der Waals surface area contributed by atoms with Crippen molar-refractivity contribution in [3.63, 3.8) is 0 Å². The monoisotopic (exact) mass is 187 g/mol. The lowest BCUT2D eigenvalue weighted by Crippen LogP contribution is -2.34. The molecule has 13 heavy (non-hydrogen) atoms. The summed E-state index contributed by atoms with van der Waals surface area (Å²) in [5.41, 5.74) is 4.74. The molecule has 1 heterocycles. The van der Waals surface area contributed by atoms with Crippen LogP contribution in [0.2, 0.25) is 0 Å². The van der Waals surface area contributed by atoms with Crippen LogP contribution in [0.15, 0.2) is 0 Å². The molecule has 2 atom stereocenters. The van der Waals surface area contributed by atoms with Crippen molar-refractivity contribution in [2.75, 3.05) is 13.2 Å². The van der Waals surface area contributed by atoms with E-state index in [1.54, 1.807) is 6.92 Å². The molecule has 0 aromatic carbocycles. The zero-order chi connectivity index (χ0) is 9.73. The molecule has 0 radical (unpaired) electrons. The van der Waals surface area contributed by atoms with Crippen LogP contribution < -0.4 is 5.73 Å². The fourth-order valence-electron chi connectivity index (χ4n) is 1.68. The third-order valence-electron chi connectivity index (χ3n) is 2.71. The van der Waals surface area contributed by atoms with E-state index in [1.807, 2.05) is 0 Å². The van der Waals surface area contributed by atoms with Gasteiger partial charge in [-0.3, -0.25) is 0 Å². The van der Waals surface area contributed by atoms with Crippen LogP contribution in [-0.4, -0.2) is 30.0 Å². The highest BCUT2D eigenvalue weighted by molar-refractivity contribution is 4.74. The van der Waals surface area contributed by atoms with Crippen molar-refractivity contribution in [2.45, 2.75) is 50.7 Å². The first-order valence-electron chi connectivity index (χ1n) is 5.18. The van der Waals surface area contributed by atoms with Crippen LogP contribution in [-0.2, 0) is 4.74 Å². The number of hydrogen-bond acceptors (Lipinski definition) is 3. The predicted molar refractivity (Wildman–Crippen MR) is 52.5 cm³/mol. The van der Waals surface area contributed by atoms with E-state index in [0.29, 0.717) is 12.6 Å². The Morgan fingerprint density at radius 3 is 2.92 bits per heavy atom. The molecular formula is C10H21NO2. The minimum atomic E-state index is -0.682. The quantitative estimate of drug-likeness (QED) is 0.676. The second-order valence-electron chi connectivity index (χ2n) is 4.23. The highest BCUT2D eigenvalue weighted by atomic mass is 16.5. The summed E-state index contributed by atoms with van der Waals surface area (Å²) in [6.07, 6.45) is 5.67. The van der Waals surface area contributed by atoms with Crippen molar-refractivity contribution in [2.24, 2.45) is 5.73 Å². The molecular weight excluding hydrogens is 166 g/mol. The number of ether oxygens (including phenoxy) is 1. The van der Waals surface area contributed by atoms with Crippen LogP contribution in [0.1, 0.15) is 39.0 Å². The molecule has 0 spiro atoms. The van der Waals surface area contributed by atoms with E-state index in [4.69, 9.17) is 10.5 Å². The van der Waals surface area contributed by atoms with Gasteiger partial charge in [-0.15, -0.1) is 0 Å². The van der Waals surface area contributed by atoms with Crippen molar-refractivity contribution in [3.05, 3.63) is 0 Å². The van der Waals surface area contributed by atoms with Crippen LogP contribution in [0.4, 0.5) is 0 Å². The van der Waals surface area contributed by atoms with Crippen molar-refractivity contribution in [1.29, 1.82) is 0 Å². The molecule has 1 rings (SSSR count). The van der Waals surface area contributed by atoms with Gasteiger partial charge in [0.25, 0.3) is 0 Å². The normalized spacial score (nSPS) is 27.5. The van der Waals surface area contributed by atoms with E-state index in [2.05, 4.69) is 0 Å². The van der Waals surface area contributed by atoms with E-state index in [1.165, 1.54) is 12.8 Å². The van der Waals surface area contributed by atoms with Gasteiger partial charge >= 0.3 is 0 Å². The van der Waals surface area contributed by atoms with Gasteiger partial charge in [0.05, 0.1) is 11.7 Å². The first kappa shape index (κ1) is 11.0. The average Bonchev–Trinajstić information content (AvgIpc) is 2.57. The topological polar surface area (TPSA) is 55.5 Å². The number of rotatable bonds is 5. The molecule has 3 heteroatoms. The molecule has 0 saturated carbocycles. The Kier molecular flexibility index (Phi) is 4.16. The highest BCUT2D eigenvalue weighted by Crippen LogP contribution is 2.20. The van der Waals surface area contributed by atoms with Crippen LogP contribution >= 0.6 is 0 Å². The number of nitrogens with two attached hydrogens (primary N) is 1. The summed E-state index contributed by atoms with van der Waals surface area (Å²) in [5, 5.41) is 9.63. The van der Waals surface area contributed by atoms with Gasteiger partial charge in [0.2, 0.25) is 0 Å². The SMILES string of the molecule is CC(O)(CN)CCCC1CCCO1. The fourth-order valence-corrected chi connectivity index (χ4v) is 1.68. The Labute approximate surface area is 80.3 Å². The smallest absolute Gasteiger partial charge is 0.0741 e. The molecule has 2 unspecified atom stereocenters. The largest absolute Gasteiger partial charge is 0.389 e. The second kappa shape index (κ2) is 4.94. The summed E-state index contributed by atoms with van der Waals surface area (Å²) in [5.74, 6) is 0. The molecule has 3 nitrogen and oxygen atoms in total. The van der Waals surface area contributed by atoms with Gasteiger partial charge in [-0.25, -0.2) is 0 Å². The molecule has 0 aromatic rings. The Balaban J connectivity index is 2.06. The summed E-state index contributed by atoms with van der Waals surface area (Å²) in [6, 6.07) is 0. The number of hydrogen-bond donors (Lipinski definition) is 2. The van der Waals surface area contributed by atoms with Gasteiger partial charge in [-0.1, -0.05) is 0 Å². The third-order valence-corrected chi connectivity index (χ3v) is 2.71. The van der Waals surface area contributed by atoms with E-state index in [-0.39, 0.29) is 0 Å². The van der Waals surface area contributed by atoms with Gasteiger partial charge in [-0.05, 0) is 39.0 Å². The first-order chi connectivity index (χ1) is 6.14. The Morgan fingerprint density at radius 2 is 2.38 bits per heavy atom. The molecule has 3 N–H and O–H groups in total. The molecule has 0 bridgehead atoms.